The maximum Gasteiger partial charge on any atom is 0.303 e. The Morgan fingerprint density at radius 1 is 0.902 bits per heavy atom. The van der Waals surface area contributed by atoms with Crippen molar-refractivity contribution >= 4 is 16.9 Å². The summed E-state index contributed by atoms with van der Waals surface area (Å²) in [5, 5.41) is 73.6. The van der Waals surface area contributed by atoms with Crippen LogP contribution in [0.5, 0.6) is 23.0 Å². The summed E-state index contributed by atoms with van der Waals surface area (Å²) in [5.74, 6) is -2.04. The molecule has 16 heteroatoms. The van der Waals surface area contributed by atoms with Gasteiger partial charge in [0, 0.05) is 24.1 Å². The number of fused-ring (bicyclic) bond motifs is 1. The molecule has 3 heterocycles. The number of carbonyl (C=O) groups is 1. The third-order valence-corrected chi connectivity index (χ3v) is 8.68. The molecule has 2 aliphatic rings. The molecule has 5 rings (SSSR count). The number of phenolic OH excluding ortho intramolecular Hbond substituents is 2. The number of aliphatic hydroxyl groups is 5. The largest absolute Gasteiger partial charge is 0.507 e. The number of esters is 1. The first kappa shape index (κ1) is 38.0. The normalized spacial score (nSPS) is 29.4. The summed E-state index contributed by atoms with van der Waals surface area (Å²) >= 11 is 0. The van der Waals surface area contributed by atoms with Gasteiger partial charge in [-0.15, -0.1) is 0 Å². The van der Waals surface area contributed by atoms with E-state index in [1.54, 1.807) is 30.3 Å². The number of carbonyl (C=O) groups excluding carboxylic acids is 1. The van der Waals surface area contributed by atoms with Crippen LogP contribution in [0.2, 0.25) is 0 Å². The molecule has 0 aliphatic carbocycles. The number of hydrogen-bond acceptors (Lipinski definition) is 16. The van der Waals surface area contributed by atoms with Crippen molar-refractivity contribution in [3.63, 3.8) is 0 Å². The van der Waals surface area contributed by atoms with Crippen molar-refractivity contribution in [3.05, 3.63) is 57.8 Å². The van der Waals surface area contributed by atoms with E-state index >= 15 is 0 Å². The summed E-state index contributed by atoms with van der Waals surface area (Å²) in [4.78, 5) is 26.6. The van der Waals surface area contributed by atoms with Crippen LogP contribution in [0, 0.1) is 0 Å². The van der Waals surface area contributed by atoms with Gasteiger partial charge in [0.25, 0.3) is 0 Å². The van der Waals surface area contributed by atoms with Crippen molar-refractivity contribution in [2.24, 2.45) is 0 Å². The summed E-state index contributed by atoms with van der Waals surface area (Å²) < 4.78 is 40.6. The highest BCUT2D eigenvalue weighted by Gasteiger charge is 2.52. The van der Waals surface area contributed by atoms with E-state index in [2.05, 4.69) is 0 Å². The molecule has 0 radical (unpaired) electrons. The molecule has 278 valence electrons. The summed E-state index contributed by atoms with van der Waals surface area (Å²) in [6.07, 6.45) is -14.5. The first-order valence-electron chi connectivity index (χ1n) is 16.1. The van der Waals surface area contributed by atoms with Gasteiger partial charge in [-0.2, -0.15) is 0 Å². The zero-order valence-corrected chi connectivity index (χ0v) is 28.5. The van der Waals surface area contributed by atoms with E-state index in [1.807, 2.05) is 13.8 Å². The van der Waals surface area contributed by atoms with Crippen LogP contribution in [0.15, 0.2) is 51.2 Å². The van der Waals surface area contributed by atoms with Crippen LogP contribution in [-0.2, 0) is 30.2 Å². The minimum Gasteiger partial charge on any atom is -0.507 e. The van der Waals surface area contributed by atoms with Gasteiger partial charge in [-0.1, -0.05) is 11.6 Å². The number of rotatable bonds is 10. The van der Waals surface area contributed by atoms with Crippen LogP contribution in [0.4, 0.5) is 0 Å². The minimum absolute atomic E-state index is 0.131. The molecule has 1 aromatic heterocycles. The number of aliphatic hydroxyl groups excluding tert-OH is 5. The van der Waals surface area contributed by atoms with Gasteiger partial charge in [0.1, 0.15) is 58.7 Å². The van der Waals surface area contributed by atoms with E-state index in [9.17, 15) is 45.3 Å². The lowest BCUT2D eigenvalue weighted by Gasteiger charge is -2.46. The molecule has 0 bridgehead atoms. The third-order valence-electron chi connectivity index (χ3n) is 8.68. The van der Waals surface area contributed by atoms with Crippen molar-refractivity contribution in [2.45, 2.75) is 95.5 Å². The summed E-state index contributed by atoms with van der Waals surface area (Å²) in [6, 6.07) is 7.30. The predicted octanol–water partition coefficient (Wildman–Crippen LogP) is 0.990. The van der Waals surface area contributed by atoms with Crippen LogP contribution in [0.25, 0.3) is 22.3 Å². The Kier molecular flexibility index (Phi) is 11.6. The van der Waals surface area contributed by atoms with Crippen LogP contribution in [-0.4, -0.2) is 117 Å². The first-order valence-corrected chi connectivity index (χ1v) is 16.1. The van der Waals surface area contributed by atoms with Gasteiger partial charge in [-0.3, -0.25) is 9.59 Å². The van der Waals surface area contributed by atoms with E-state index < -0.39 is 90.9 Å². The molecule has 2 aromatic carbocycles. The average Bonchev–Trinajstić information content (AvgIpc) is 3.08. The summed E-state index contributed by atoms with van der Waals surface area (Å²) in [7, 11) is 1.46. The molecule has 16 nitrogen and oxygen atoms in total. The smallest absolute Gasteiger partial charge is 0.303 e. The predicted molar refractivity (Wildman–Crippen MR) is 176 cm³/mol. The molecule has 2 fully saturated rings. The summed E-state index contributed by atoms with van der Waals surface area (Å²) in [5.41, 5.74) is 0.357. The fraction of sp³-hybridized carbons (Fsp3) is 0.486. The van der Waals surface area contributed by atoms with Crippen molar-refractivity contribution in [1.82, 2.24) is 0 Å². The molecule has 2 aliphatic heterocycles. The lowest BCUT2D eigenvalue weighted by molar-refractivity contribution is -0.356. The second-order valence-electron chi connectivity index (χ2n) is 12.6. The fourth-order valence-corrected chi connectivity index (χ4v) is 5.91. The molecule has 10 atom stereocenters. The van der Waals surface area contributed by atoms with Gasteiger partial charge in [-0.25, -0.2) is 0 Å². The Morgan fingerprint density at radius 2 is 1.59 bits per heavy atom. The highest BCUT2D eigenvalue weighted by molar-refractivity contribution is 5.91. The average molecular weight is 719 g/mol. The zero-order chi connectivity index (χ0) is 37.3. The third kappa shape index (κ3) is 7.68. The number of aromatic hydroxyl groups is 2. The van der Waals surface area contributed by atoms with Crippen molar-refractivity contribution in [3.8, 4) is 34.3 Å². The Labute approximate surface area is 291 Å². The number of benzene rings is 2. The van der Waals surface area contributed by atoms with Crippen molar-refractivity contribution in [1.29, 1.82) is 0 Å². The van der Waals surface area contributed by atoms with E-state index in [0.717, 1.165) is 18.6 Å². The molecule has 51 heavy (non-hydrogen) atoms. The molecule has 7 N–H and O–H groups in total. The number of hydrogen-bond donors (Lipinski definition) is 7. The maximum absolute atomic E-state index is 14.4. The number of phenols is 2. The number of methoxy groups -OCH3 is 1. The number of allylic oxidation sites excluding steroid dienone is 2. The molecule has 0 unspecified atom stereocenters. The van der Waals surface area contributed by atoms with Crippen LogP contribution >= 0.6 is 0 Å². The zero-order valence-electron chi connectivity index (χ0n) is 28.5. The Bertz CT molecular complexity index is 1800. The van der Waals surface area contributed by atoms with Gasteiger partial charge in [0.2, 0.25) is 17.5 Å². The standard InChI is InChI=1S/C35H42O16/c1-14(2)6-11-19-20(38)12-21(39)23-26(42)32(29(49-30(19)23)17-7-9-18(45-5)10-8-17)50-35-33(31(47-16(4)37)24(40)15(3)46-35)51-34-28(44)27(43)25(41)22(13-36)48-34/h6-10,12,15,22,24-25,27-28,31,33-36,38-41,43-44H,11,13H2,1-5H3/t15-,22+,24-,25+,27-,28+,31+,33+,34-,35-/m0/s1. The maximum atomic E-state index is 14.4. The SMILES string of the molecule is COc1ccc(-c2oc3c(CC=C(C)C)c(O)cc(O)c3c(=O)c2O[C@@H]2O[C@@H](C)[C@H](O)[C@@H](OC(C)=O)[C@H]2O[C@@H]2O[C@H](CO)[C@@H](O)[C@H](O)[C@H]2O)cc1. The van der Waals surface area contributed by atoms with E-state index in [-0.39, 0.29) is 40.0 Å². The van der Waals surface area contributed by atoms with Gasteiger partial charge < -0.3 is 68.6 Å². The Morgan fingerprint density at radius 3 is 2.20 bits per heavy atom. The van der Waals surface area contributed by atoms with E-state index in [0.29, 0.717) is 5.75 Å². The quantitative estimate of drug-likeness (QED) is 0.114. The lowest BCUT2D eigenvalue weighted by atomic mass is 9.97. The lowest BCUT2D eigenvalue weighted by Crippen LogP contribution is -2.65. The molecule has 2 saturated heterocycles. The van der Waals surface area contributed by atoms with Crippen molar-refractivity contribution in [2.75, 3.05) is 13.7 Å². The topological polar surface area (TPSA) is 244 Å². The second-order valence-corrected chi connectivity index (χ2v) is 12.6. The number of ether oxygens (including phenoxy) is 6. The second kappa shape index (κ2) is 15.5. The van der Waals surface area contributed by atoms with E-state index in [4.69, 9.17) is 32.8 Å². The minimum atomic E-state index is -1.91. The monoisotopic (exact) mass is 718 g/mol. The van der Waals surface area contributed by atoms with Crippen LogP contribution in [0.1, 0.15) is 33.3 Å². The van der Waals surface area contributed by atoms with Gasteiger partial charge in [0.15, 0.2) is 24.3 Å². The first-order chi connectivity index (χ1) is 24.2. The molecule has 3 aromatic rings. The molecule has 0 saturated carbocycles. The van der Waals surface area contributed by atoms with Gasteiger partial charge in [-0.05, 0) is 51.5 Å². The van der Waals surface area contributed by atoms with Crippen LogP contribution in [0.3, 0.4) is 0 Å². The molecular formula is C35H42O16. The molecule has 0 spiro atoms. The van der Waals surface area contributed by atoms with Crippen molar-refractivity contribution < 1.29 is 73.4 Å². The highest BCUT2D eigenvalue weighted by Crippen LogP contribution is 2.41. The van der Waals surface area contributed by atoms with Crippen LogP contribution < -0.4 is 14.9 Å². The molecule has 0 amide bonds. The van der Waals surface area contributed by atoms with Gasteiger partial charge >= 0.3 is 5.97 Å². The fourth-order valence-electron chi connectivity index (χ4n) is 5.91. The Hall–Kier alpha value is -4.26. The molecular weight excluding hydrogens is 676 g/mol. The van der Waals surface area contributed by atoms with E-state index in [1.165, 1.54) is 14.0 Å². The highest BCUT2D eigenvalue weighted by atomic mass is 16.8. The summed E-state index contributed by atoms with van der Waals surface area (Å²) in [6.45, 7) is 5.41. The van der Waals surface area contributed by atoms with Gasteiger partial charge in [0.05, 0.1) is 19.8 Å². The Balaban J connectivity index is 1.69.